The molecule has 1 aromatic carbocycles. The van der Waals surface area contributed by atoms with Crippen molar-refractivity contribution in [3.8, 4) is 5.75 Å². The van der Waals surface area contributed by atoms with Gasteiger partial charge in [0.2, 0.25) is 0 Å². The van der Waals surface area contributed by atoms with Crippen molar-refractivity contribution in [1.29, 1.82) is 0 Å². The minimum absolute atomic E-state index is 0.188. The maximum atomic E-state index is 12.3. The number of ether oxygens (including phenoxy) is 1. The molecule has 0 bridgehead atoms. The molecule has 20 heavy (non-hydrogen) atoms. The van der Waals surface area contributed by atoms with Crippen LogP contribution in [0.1, 0.15) is 10.5 Å². The van der Waals surface area contributed by atoms with Crippen molar-refractivity contribution in [2.75, 3.05) is 12.4 Å². The van der Waals surface area contributed by atoms with E-state index >= 15 is 0 Å². The van der Waals surface area contributed by atoms with Gasteiger partial charge in [0.15, 0.2) is 5.58 Å². The molecule has 0 aliphatic heterocycles. The number of carbonyl (C=O) groups is 1. The molecule has 0 aliphatic rings. The van der Waals surface area contributed by atoms with E-state index in [2.05, 4.69) is 5.32 Å². The van der Waals surface area contributed by atoms with E-state index in [4.69, 9.17) is 9.15 Å². The van der Waals surface area contributed by atoms with Crippen LogP contribution in [-0.4, -0.2) is 17.6 Å². The van der Waals surface area contributed by atoms with Gasteiger partial charge in [0, 0.05) is 30.9 Å². The first-order valence-corrected chi connectivity index (χ1v) is 6.17. The SMILES string of the molecule is COc1cccc(NC(=O)c2cc3occc3n2C)c1. The van der Waals surface area contributed by atoms with Crippen LogP contribution >= 0.6 is 0 Å². The van der Waals surface area contributed by atoms with Crippen molar-refractivity contribution in [3.63, 3.8) is 0 Å². The maximum Gasteiger partial charge on any atom is 0.272 e. The van der Waals surface area contributed by atoms with Crippen molar-refractivity contribution < 1.29 is 13.9 Å². The summed E-state index contributed by atoms with van der Waals surface area (Å²) >= 11 is 0. The molecule has 0 radical (unpaired) electrons. The summed E-state index contributed by atoms with van der Waals surface area (Å²) in [6, 6.07) is 10.8. The molecule has 5 heteroatoms. The molecule has 3 aromatic rings. The second kappa shape index (κ2) is 4.77. The van der Waals surface area contributed by atoms with Gasteiger partial charge in [0.1, 0.15) is 11.4 Å². The van der Waals surface area contributed by atoms with Gasteiger partial charge in [-0.05, 0) is 12.1 Å². The number of hydrogen-bond acceptors (Lipinski definition) is 3. The van der Waals surface area contributed by atoms with Crippen LogP contribution in [0, 0.1) is 0 Å². The molecular weight excluding hydrogens is 256 g/mol. The molecule has 102 valence electrons. The van der Waals surface area contributed by atoms with Crippen molar-refractivity contribution in [3.05, 3.63) is 48.4 Å². The van der Waals surface area contributed by atoms with Gasteiger partial charge >= 0.3 is 0 Å². The quantitative estimate of drug-likeness (QED) is 0.795. The summed E-state index contributed by atoms with van der Waals surface area (Å²) in [5.74, 6) is 0.510. The zero-order valence-corrected chi connectivity index (χ0v) is 11.2. The minimum Gasteiger partial charge on any atom is -0.497 e. The number of rotatable bonds is 3. The fourth-order valence-corrected chi connectivity index (χ4v) is 2.16. The first kappa shape index (κ1) is 12.3. The highest BCUT2D eigenvalue weighted by Crippen LogP contribution is 2.21. The Morgan fingerprint density at radius 1 is 1.30 bits per heavy atom. The van der Waals surface area contributed by atoms with E-state index < -0.39 is 0 Å². The summed E-state index contributed by atoms with van der Waals surface area (Å²) in [5.41, 5.74) is 2.82. The van der Waals surface area contributed by atoms with Gasteiger partial charge < -0.3 is 19.0 Å². The Morgan fingerprint density at radius 2 is 2.15 bits per heavy atom. The standard InChI is InChI=1S/C15H14N2O3/c1-17-12-6-7-20-14(12)9-13(17)15(18)16-10-4-3-5-11(8-10)19-2/h3-9H,1-2H3,(H,16,18). The maximum absolute atomic E-state index is 12.3. The Hall–Kier alpha value is -2.69. The van der Waals surface area contributed by atoms with E-state index in [-0.39, 0.29) is 5.91 Å². The summed E-state index contributed by atoms with van der Waals surface area (Å²) in [6.45, 7) is 0. The highest BCUT2D eigenvalue weighted by Gasteiger charge is 2.15. The number of hydrogen-bond donors (Lipinski definition) is 1. The molecule has 2 heterocycles. The van der Waals surface area contributed by atoms with Crippen molar-refractivity contribution in [2.45, 2.75) is 0 Å². The molecule has 0 spiro atoms. The number of methoxy groups -OCH3 is 1. The third-order valence-corrected chi connectivity index (χ3v) is 3.22. The lowest BCUT2D eigenvalue weighted by molar-refractivity contribution is 0.101. The molecular formula is C15H14N2O3. The second-order valence-electron chi connectivity index (χ2n) is 4.44. The summed E-state index contributed by atoms with van der Waals surface area (Å²) in [5, 5.41) is 2.84. The molecule has 1 N–H and O–H groups in total. The molecule has 0 unspecified atom stereocenters. The summed E-state index contributed by atoms with van der Waals surface area (Å²) in [4.78, 5) is 12.3. The van der Waals surface area contributed by atoms with Gasteiger partial charge in [0.25, 0.3) is 5.91 Å². The highest BCUT2D eigenvalue weighted by atomic mass is 16.5. The number of carbonyl (C=O) groups excluding carboxylic acids is 1. The van der Waals surface area contributed by atoms with Crippen LogP contribution in [0.15, 0.2) is 47.1 Å². The van der Waals surface area contributed by atoms with Gasteiger partial charge in [-0.2, -0.15) is 0 Å². The zero-order chi connectivity index (χ0) is 14.1. The molecule has 0 aliphatic carbocycles. The number of nitrogens with one attached hydrogen (secondary N) is 1. The molecule has 1 amide bonds. The fraction of sp³-hybridized carbons (Fsp3) is 0.133. The molecule has 2 aromatic heterocycles. The lowest BCUT2D eigenvalue weighted by Gasteiger charge is -2.07. The normalized spacial score (nSPS) is 10.7. The van der Waals surface area contributed by atoms with E-state index in [1.807, 2.05) is 31.3 Å². The lowest BCUT2D eigenvalue weighted by atomic mass is 10.3. The number of fused-ring (bicyclic) bond motifs is 1. The Labute approximate surface area is 115 Å². The van der Waals surface area contributed by atoms with E-state index in [0.29, 0.717) is 22.7 Å². The average molecular weight is 270 g/mol. The van der Waals surface area contributed by atoms with Crippen LogP contribution in [0.3, 0.4) is 0 Å². The van der Waals surface area contributed by atoms with Crippen LogP contribution in [-0.2, 0) is 7.05 Å². The van der Waals surface area contributed by atoms with Gasteiger partial charge in [-0.1, -0.05) is 6.07 Å². The third-order valence-electron chi connectivity index (χ3n) is 3.22. The van der Waals surface area contributed by atoms with E-state index in [0.717, 1.165) is 5.52 Å². The van der Waals surface area contributed by atoms with Crippen molar-refractivity contribution >= 4 is 22.7 Å². The number of nitrogens with zero attached hydrogens (tertiary/aromatic N) is 1. The Balaban J connectivity index is 1.88. The lowest BCUT2D eigenvalue weighted by Crippen LogP contribution is -2.15. The van der Waals surface area contributed by atoms with Crippen LogP contribution in [0.2, 0.25) is 0 Å². The average Bonchev–Trinajstić information content (AvgIpc) is 3.02. The van der Waals surface area contributed by atoms with Crippen LogP contribution in [0.4, 0.5) is 5.69 Å². The van der Waals surface area contributed by atoms with Crippen molar-refractivity contribution in [2.24, 2.45) is 7.05 Å². The van der Waals surface area contributed by atoms with E-state index in [1.165, 1.54) is 0 Å². The largest absolute Gasteiger partial charge is 0.497 e. The topological polar surface area (TPSA) is 56.4 Å². The molecule has 0 fully saturated rings. The van der Waals surface area contributed by atoms with E-state index in [1.54, 1.807) is 30.1 Å². The Morgan fingerprint density at radius 3 is 2.90 bits per heavy atom. The van der Waals surface area contributed by atoms with Gasteiger partial charge in [-0.15, -0.1) is 0 Å². The second-order valence-corrected chi connectivity index (χ2v) is 4.44. The molecule has 3 rings (SSSR count). The van der Waals surface area contributed by atoms with Crippen LogP contribution in [0.5, 0.6) is 5.75 Å². The minimum atomic E-state index is -0.188. The number of aryl methyl sites for hydroxylation is 1. The molecule has 0 saturated heterocycles. The molecule has 0 saturated carbocycles. The summed E-state index contributed by atoms with van der Waals surface area (Å²) in [7, 11) is 3.42. The van der Waals surface area contributed by atoms with Crippen LogP contribution in [0.25, 0.3) is 11.1 Å². The monoisotopic (exact) mass is 270 g/mol. The first-order chi connectivity index (χ1) is 9.69. The van der Waals surface area contributed by atoms with E-state index in [9.17, 15) is 4.79 Å². The zero-order valence-electron chi connectivity index (χ0n) is 11.2. The summed E-state index contributed by atoms with van der Waals surface area (Å²) in [6.07, 6.45) is 1.61. The smallest absolute Gasteiger partial charge is 0.272 e. The number of anilines is 1. The van der Waals surface area contributed by atoms with Gasteiger partial charge in [-0.3, -0.25) is 4.79 Å². The number of benzene rings is 1. The third kappa shape index (κ3) is 2.03. The van der Waals surface area contributed by atoms with Gasteiger partial charge in [-0.25, -0.2) is 0 Å². The molecule has 5 nitrogen and oxygen atoms in total. The first-order valence-electron chi connectivity index (χ1n) is 6.17. The number of aromatic nitrogens is 1. The Kier molecular flexibility index (Phi) is 2.95. The van der Waals surface area contributed by atoms with Crippen LogP contribution < -0.4 is 10.1 Å². The predicted octanol–water partition coefficient (Wildman–Crippen LogP) is 3.03. The predicted molar refractivity (Wildman–Crippen MR) is 76.1 cm³/mol. The van der Waals surface area contributed by atoms with Crippen molar-refractivity contribution in [1.82, 2.24) is 4.57 Å². The Bertz CT molecular complexity index is 770. The number of amides is 1. The number of furan rings is 1. The van der Waals surface area contributed by atoms with Gasteiger partial charge in [0.05, 0.1) is 18.9 Å². The highest BCUT2D eigenvalue weighted by molar-refractivity contribution is 6.05. The summed E-state index contributed by atoms with van der Waals surface area (Å²) < 4.78 is 12.2. The fourth-order valence-electron chi connectivity index (χ4n) is 2.16. The molecule has 0 atom stereocenters.